The Morgan fingerprint density at radius 2 is 2.03 bits per heavy atom. The van der Waals surface area contributed by atoms with Gasteiger partial charge in [0.15, 0.2) is 11.7 Å². The molecule has 11 heteroatoms. The number of nitrogens with one attached hydrogen (secondary N) is 1. The number of carbonyl (C=O) groups is 2. The molecule has 0 bridgehead atoms. The molecule has 1 N–H and O–H groups in total. The zero-order chi connectivity index (χ0) is 27.4. The maximum Gasteiger partial charge on any atom is 0.419 e. The van der Waals surface area contributed by atoms with Crippen LogP contribution in [0, 0.1) is 11.3 Å². The van der Waals surface area contributed by atoms with Crippen LogP contribution in [0.4, 0.5) is 4.79 Å². The molecule has 0 radical (unpaired) electrons. The van der Waals surface area contributed by atoms with Crippen LogP contribution in [0.2, 0.25) is 0 Å². The Morgan fingerprint density at radius 1 is 1.26 bits per heavy atom. The van der Waals surface area contributed by atoms with E-state index in [1.54, 1.807) is 46.1 Å². The number of hydrogen-bond acceptors (Lipinski definition) is 8. The lowest BCUT2D eigenvalue weighted by Crippen LogP contribution is -2.48. The van der Waals surface area contributed by atoms with Crippen molar-refractivity contribution in [3.05, 3.63) is 52.8 Å². The molecule has 2 amide bonds. The average Bonchev–Trinajstić information content (AvgIpc) is 3.03. The topological polar surface area (TPSA) is 140 Å². The van der Waals surface area contributed by atoms with Crippen molar-refractivity contribution in [2.45, 2.75) is 51.4 Å². The number of nitriles is 1. The van der Waals surface area contributed by atoms with E-state index in [1.165, 1.54) is 9.47 Å². The fourth-order valence-corrected chi connectivity index (χ4v) is 4.10. The second kappa shape index (κ2) is 11.1. The summed E-state index contributed by atoms with van der Waals surface area (Å²) in [4.78, 5) is 43.1. The van der Waals surface area contributed by atoms with E-state index in [-0.39, 0.29) is 13.0 Å². The number of oxazole rings is 1. The molecule has 1 aliphatic rings. The molecule has 1 saturated heterocycles. The van der Waals surface area contributed by atoms with E-state index in [2.05, 4.69) is 16.4 Å². The highest BCUT2D eigenvalue weighted by Crippen LogP contribution is 2.23. The number of ether oxygens (including phenoxy) is 2. The summed E-state index contributed by atoms with van der Waals surface area (Å²) in [5.74, 6) is -0.898. The first-order chi connectivity index (χ1) is 18.0. The number of nitrogens with zero attached hydrogens (tertiary/aromatic N) is 4. The normalized spacial score (nSPS) is 16.9. The quantitative estimate of drug-likeness (QED) is 0.541. The Balaban J connectivity index is 1.39. The van der Waals surface area contributed by atoms with Crippen molar-refractivity contribution in [2.24, 2.45) is 7.05 Å². The molecule has 2 aromatic heterocycles. The van der Waals surface area contributed by atoms with Crippen LogP contribution in [0.1, 0.15) is 32.9 Å². The molecule has 3 aromatic rings. The van der Waals surface area contributed by atoms with E-state index in [4.69, 9.17) is 13.9 Å². The minimum absolute atomic E-state index is 0.0401. The fourth-order valence-electron chi connectivity index (χ4n) is 4.10. The van der Waals surface area contributed by atoms with Crippen molar-refractivity contribution in [1.29, 1.82) is 5.26 Å². The summed E-state index contributed by atoms with van der Waals surface area (Å²) in [5, 5.41) is 12.4. The largest absolute Gasteiger partial charge is 0.444 e. The first-order valence-electron chi connectivity index (χ1n) is 12.4. The van der Waals surface area contributed by atoms with E-state index in [0.717, 1.165) is 11.1 Å². The summed E-state index contributed by atoms with van der Waals surface area (Å²) >= 11 is 0. The summed E-state index contributed by atoms with van der Waals surface area (Å²) in [6, 6.07) is 10.3. The Morgan fingerprint density at radius 3 is 2.71 bits per heavy atom. The number of amides is 2. The molecule has 0 aliphatic carbocycles. The van der Waals surface area contributed by atoms with Crippen LogP contribution in [0.15, 0.2) is 45.7 Å². The average molecular weight is 522 g/mol. The Kier molecular flexibility index (Phi) is 7.83. The van der Waals surface area contributed by atoms with Gasteiger partial charge in [0.1, 0.15) is 11.6 Å². The maximum atomic E-state index is 12.9. The summed E-state index contributed by atoms with van der Waals surface area (Å²) in [5.41, 5.74) is 2.84. The second-order valence-electron chi connectivity index (χ2n) is 10.2. The van der Waals surface area contributed by atoms with E-state index >= 15 is 0 Å². The van der Waals surface area contributed by atoms with Gasteiger partial charge in [0.25, 0.3) is 5.91 Å². The Bertz CT molecular complexity index is 1410. The van der Waals surface area contributed by atoms with E-state index < -0.39 is 35.5 Å². The molecular weight excluding hydrogens is 490 g/mol. The summed E-state index contributed by atoms with van der Waals surface area (Å²) < 4.78 is 17.7. The van der Waals surface area contributed by atoms with E-state index in [9.17, 15) is 19.6 Å². The SMILES string of the molecule is Cn1c(=O)oc2ccc(-c3ccc(C[C@@H](C#N)NC(=O)[C@@H]4CN(C(=O)OC(C)(C)C)CCCO4)nc3)cc21. The minimum atomic E-state index is -0.912. The number of pyridine rings is 1. The van der Waals surface area contributed by atoms with Crippen LogP contribution in [0.5, 0.6) is 0 Å². The molecule has 3 heterocycles. The third-order valence-corrected chi connectivity index (χ3v) is 6.06. The highest BCUT2D eigenvalue weighted by molar-refractivity contribution is 5.82. The summed E-state index contributed by atoms with van der Waals surface area (Å²) in [6.45, 7) is 6.12. The third kappa shape index (κ3) is 6.39. The number of hydrogen-bond donors (Lipinski definition) is 1. The molecule has 0 saturated carbocycles. The molecular formula is C27H31N5O6. The van der Waals surface area contributed by atoms with Crippen LogP contribution in [0.3, 0.4) is 0 Å². The van der Waals surface area contributed by atoms with Gasteiger partial charge in [-0.25, -0.2) is 9.59 Å². The van der Waals surface area contributed by atoms with Gasteiger partial charge in [-0.2, -0.15) is 5.26 Å². The molecule has 200 valence electrons. The van der Waals surface area contributed by atoms with Gasteiger partial charge >= 0.3 is 11.8 Å². The standard InChI is InChI=1S/C27H31N5O6/c1-27(2,3)38-26(35)32-10-5-11-36-23(16-32)24(33)30-20(14-28)13-19-8-6-18(15-29-19)17-7-9-22-21(12-17)31(4)25(34)37-22/h6-9,12,15,20,23H,5,10-11,13,16H2,1-4H3,(H,30,33)/t20-,23-/m0/s1. The highest BCUT2D eigenvalue weighted by atomic mass is 16.6. The molecule has 2 atom stereocenters. The summed E-state index contributed by atoms with van der Waals surface area (Å²) in [6.07, 6.45) is 1.03. The molecule has 4 rings (SSSR count). The van der Waals surface area contributed by atoms with Crippen LogP contribution in [-0.2, 0) is 27.7 Å². The molecule has 0 spiro atoms. The fraction of sp³-hybridized carbons (Fsp3) is 0.444. The van der Waals surface area contributed by atoms with Crippen LogP contribution in [0.25, 0.3) is 22.2 Å². The van der Waals surface area contributed by atoms with Crippen molar-refractivity contribution in [3.8, 4) is 17.2 Å². The first-order valence-corrected chi connectivity index (χ1v) is 12.4. The Labute approximate surface area is 219 Å². The predicted octanol–water partition coefficient (Wildman–Crippen LogP) is 2.77. The van der Waals surface area contributed by atoms with Crippen LogP contribution >= 0.6 is 0 Å². The second-order valence-corrected chi connectivity index (χ2v) is 10.2. The van der Waals surface area contributed by atoms with Gasteiger partial charge in [0, 0.05) is 44.1 Å². The molecule has 1 aromatic carbocycles. The van der Waals surface area contributed by atoms with Gasteiger partial charge in [0.05, 0.1) is 18.1 Å². The highest BCUT2D eigenvalue weighted by Gasteiger charge is 2.31. The lowest BCUT2D eigenvalue weighted by Gasteiger charge is -2.27. The molecule has 1 aliphatic heterocycles. The lowest BCUT2D eigenvalue weighted by atomic mass is 10.1. The van der Waals surface area contributed by atoms with Gasteiger partial charge in [-0.15, -0.1) is 0 Å². The lowest BCUT2D eigenvalue weighted by molar-refractivity contribution is -0.133. The number of benzene rings is 1. The number of aryl methyl sites for hydroxylation is 1. The van der Waals surface area contributed by atoms with Crippen molar-refractivity contribution in [3.63, 3.8) is 0 Å². The van der Waals surface area contributed by atoms with E-state index in [0.29, 0.717) is 36.4 Å². The van der Waals surface area contributed by atoms with Crippen molar-refractivity contribution in [1.82, 2.24) is 19.8 Å². The smallest absolute Gasteiger partial charge is 0.419 e. The number of rotatable bonds is 5. The van der Waals surface area contributed by atoms with Crippen molar-refractivity contribution < 1.29 is 23.5 Å². The van der Waals surface area contributed by atoms with Gasteiger partial charge < -0.3 is 24.1 Å². The first kappa shape index (κ1) is 26.9. The minimum Gasteiger partial charge on any atom is -0.444 e. The Hall–Kier alpha value is -4.17. The number of fused-ring (bicyclic) bond motifs is 1. The van der Waals surface area contributed by atoms with E-state index in [1.807, 2.05) is 18.2 Å². The van der Waals surface area contributed by atoms with Crippen LogP contribution < -0.4 is 11.1 Å². The predicted molar refractivity (Wildman–Crippen MR) is 138 cm³/mol. The van der Waals surface area contributed by atoms with Gasteiger partial charge in [-0.1, -0.05) is 12.1 Å². The van der Waals surface area contributed by atoms with Gasteiger partial charge in [-0.05, 0) is 51.0 Å². The molecule has 38 heavy (non-hydrogen) atoms. The van der Waals surface area contributed by atoms with Crippen LogP contribution in [-0.4, -0.2) is 63.9 Å². The zero-order valence-electron chi connectivity index (χ0n) is 21.9. The van der Waals surface area contributed by atoms with Crippen molar-refractivity contribution in [2.75, 3.05) is 19.7 Å². The molecule has 0 unspecified atom stereocenters. The van der Waals surface area contributed by atoms with Gasteiger partial charge in [-0.3, -0.25) is 14.3 Å². The maximum absolute atomic E-state index is 12.9. The third-order valence-electron chi connectivity index (χ3n) is 6.06. The number of aromatic nitrogens is 2. The molecule has 11 nitrogen and oxygen atoms in total. The molecule has 1 fully saturated rings. The van der Waals surface area contributed by atoms with Crippen molar-refractivity contribution >= 4 is 23.1 Å². The zero-order valence-corrected chi connectivity index (χ0v) is 21.9. The summed E-state index contributed by atoms with van der Waals surface area (Å²) in [7, 11) is 1.64. The van der Waals surface area contributed by atoms with Gasteiger partial charge in [0.2, 0.25) is 0 Å². The number of carbonyl (C=O) groups excluding carboxylic acids is 2. The monoisotopic (exact) mass is 521 g/mol.